The summed E-state index contributed by atoms with van der Waals surface area (Å²) in [6, 6.07) is 15.2. The van der Waals surface area contributed by atoms with Crippen molar-refractivity contribution in [2.75, 3.05) is 57.5 Å². The number of aliphatic imine (C=N–C) groups is 1. The SMILES string of the molecule is S=C(N1CCOCC1)N(C(=Nc1ccccc1Cl)N1CCOCC1)c1ccccc1Cl. The lowest BCUT2D eigenvalue weighted by Gasteiger charge is -2.40. The van der Waals surface area contributed by atoms with E-state index >= 15 is 0 Å². The minimum atomic E-state index is 0.574. The van der Waals surface area contributed by atoms with Gasteiger partial charge in [0.2, 0.25) is 5.96 Å². The van der Waals surface area contributed by atoms with E-state index in [1.165, 1.54) is 0 Å². The lowest BCUT2D eigenvalue weighted by atomic mass is 10.2. The number of ether oxygens (including phenoxy) is 2. The molecule has 0 bridgehead atoms. The number of para-hydroxylation sites is 2. The van der Waals surface area contributed by atoms with Crippen LogP contribution in [0.3, 0.4) is 0 Å². The topological polar surface area (TPSA) is 40.5 Å². The van der Waals surface area contributed by atoms with E-state index in [1.54, 1.807) is 0 Å². The normalized spacial score (nSPS) is 17.5. The summed E-state index contributed by atoms with van der Waals surface area (Å²) in [5.74, 6) is 0.681. The lowest BCUT2D eigenvalue weighted by molar-refractivity contribution is 0.0657. The maximum absolute atomic E-state index is 6.65. The fourth-order valence-corrected chi connectivity index (χ4v) is 4.26. The van der Waals surface area contributed by atoms with Crippen LogP contribution in [0.25, 0.3) is 0 Å². The number of rotatable bonds is 2. The summed E-state index contributed by atoms with van der Waals surface area (Å²) < 4.78 is 11.1. The minimum absolute atomic E-state index is 0.574. The van der Waals surface area contributed by atoms with E-state index < -0.39 is 0 Å². The van der Waals surface area contributed by atoms with Crippen LogP contribution in [0, 0.1) is 0 Å². The molecule has 2 fully saturated rings. The Balaban J connectivity index is 1.83. The van der Waals surface area contributed by atoms with Crippen molar-refractivity contribution in [3.63, 3.8) is 0 Å². The zero-order chi connectivity index (χ0) is 21.6. The lowest BCUT2D eigenvalue weighted by Crippen LogP contribution is -2.56. The molecule has 0 atom stereocenters. The Bertz CT molecular complexity index is 947. The third-order valence-electron chi connectivity index (χ3n) is 5.13. The van der Waals surface area contributed by atoms with E-state index in [0.29, 0.717) is 79.4 Å². The highest BCUT2D eigenvalue weighted by molar-refractivity contribution is 7.80. The van der Waals surface area contributed by atoms with Crippen molar-refractivity contribution >= 4 is 57.9 Å². The fraction of sp³-hybridized carbons (Fsp3) is 0.364. The molecular formula is C22H24Cl2N4O2S. The smallest absolute Gasteiger partial charge is 0.213 e. The average molecular weight is 479 g/mol. The van der Waals surface area contributed by atoms with E-state index in [0.717, 1.165) is 5.69 Å². The number of halogens is 2. The van der Waals surface area contributed by atoms with E-state index in [-0.39, 0.29) is 0 Å². The van der Waals surface area contributed by atoms with Crippen molar-refractivity contribution in [3.8, 4) is 0 Å². The molecule has 0 aromatic heterocycles. The maximum atomic E-state index is 6.65. The molecule has 0 aliphatic carbocycles. The van der Waals surface area contributed by atoms with Crippen molar-refractivity contribution in [3.05, 3.63) is 58.6 Å². The second kappa shape index (κ2) is 10.6. The summed E-state index contributed by atoms with van der Waals surface area (Å²) in [7, 11) is 0. The van der Waals surface area contributed by atoms with Gasteiger partial charge in [-0.1, -0.05) is 47.5 Å². The van der Waals surface area contributed by atoms with Crippen molar-refractivity contribution in [2.24, 2.45) is 4.99 Å². The van der Waals surface area contributed by atoms with E-state index in [4.69, 9.17) is 49.9 Å². The van der Waals surface area contributed by atoms with E-state index in [1.807, 2.05) is 53.4 Å². The molecule has 9 heteroatoms. The van der Waals surface area contributed by atoms with Gasteiger partial charge >= 0.3 is 0 Å². The van der Waals surface area contributed by atoms with Gasteiger partial charge in [0.1, 0.15) is 0 Å². The number of hydrogen-bond acceptors (Lipinski definition) is 4. The zero-order valence-electron chi connectivity index (χ0n) is 17.0. The second-order valence-electron chi connectivity index (χ2n) is 7.13. The highest BCUT2D eigenvalue weighted by Gasteiger charge is 2.30. The van der Waals surface area contributed by atoms with Gasteiger partial charge in [0.15, 0.2) is 5.11 Å². The van der Waals surface area contributed by atoms with Gasteiger partial charge in [0, 0.05) is 26.2 Å². The molecule has 31 heavy (non-hydrogen) atoms. The number of benzene rings is 2. The molecule has 2 aromatic rings. The number of anilines is 1. The van der Waals surface area contributed by atoms with Gasteiger partial charge in [-0.25, -0.2) is 4.99 Å². The minimum Gasteiger partial charge on any atom is -0.378 e. The first kappa shape index (κ1) is 22.3. The van der Waals surface area contributed by atoms with Crippen LogP contribution >= 0.6 is 35.4 Å². The summed E-state index contributed by atoms with van der Waals surface area (Å²) in [4.78, 5) is 11.2. The largest absolute Gasteiger partial charge is 0.378 e. The number of guanidine groups is 1. The van der Waals surface area contributed by atoms with Gasteiger partial charge in [-0.2, -0.15) is 0 Å². The van der Waals surface area contributed by atoms with Crippen molar-refractivity contribution in [2.45, 2.75) is 0 Å². The van der Waals surface area contributed by atoms with Crippen LogP contribution in [0.2, 0.25) is 10.0 Å². The maximum Gasteiger partial charge on any atom is 0.213 e. The molecule has 0 radical (unpaired) electrons. The molecule has 2 aliphatic heterocycles. The van der Waals surface area contributed by atoms with E-state index in [9.17, 15) is 0 Å². The summed E-state index contributed by atoms with van der Waals surface area (Å²) >= 11 is 19.1. The number of hydrogen-bond donors (Lipinski definition) is 0. The molecule has 0 spiro atoms. The first-order valence-corrected chi connectivity index (χ1v) is 11.4. The molecule has 2 aromatic carbocycles. The van der Waals surface area contributed by atoms with Gasteiger partial charge < -0.3 is 19.3 Å². The second-order valence-corrected chi connectivity index (χ2v) is 8.31. The molecule has 2 saturated heterocycles. The van der Waals surface area contributed by atoms with E-state index in [2.05, 4.69) is 9.80 Å². The van der Waals surface area contributed by atoms with Crippen LogP contribution < -0.4 is 4.90 Å². The molecule has 0 N–H and O–H groups in total. The Morgan fingerprint density at radius 3 is 1.97 bits per heavy atom. The molecule has 164 valence electrons. The van der Waals surface area contributed by atoms with Gasteiger partial charge in [-0.15, -0.1) is 0 Å². The Morgan fingerprint density at radius 1 is 0.806 bits per heavy atom. The Morgan fingerprint density at radius 2 is 1.35 bits per heavy atom. The average Bonchev–Trinajstić information content (AvgIpc) is 2.82. The summed E-state index contributed by atoms with van der Waals surface area (Å²) in [6.07, 6.45) is 0. The Hall–Kier alpha value is -1.90. The van der Waals surface area contributed by atoms with Gasteiger partial charge in [0.25, 0.3) is 0 Å². The predicted octanol–water partition coefficient (Wildman–Crippen LogP) is 4.44. The van der Waals surface area contributed by atoms with Crippen LogP contribution in [-0.4, -0.2) is 73.5 Å². The van der Waals surface area contributed by atoms with Crippen molar-refractivity contribution < 1.29 is 9.47 Å². The van der Waals surface area contributed by atoms with Crippen LogP contribution in [-0.2, 0) is 9.47 Å². The quantitative estimate of drug-likeness (QED) is 0.361. The molecular weight excluding hydrogens is 455 g/mol. The Labute approximate surface area is 197 Å². The number of nitrogens with zero attached hydrogens (tertiary/aromatic N) is 4. The number of morpholine rings is 2. The first-order chi connectivity index (χ1) is 15.1. The highest BCUT2D eigenvalue weighted by atomic mass is 35.5. The van der Waals surface area contributed by atoms with Gasteiger partial charge in [-0.05, 0) is 36.5 Å². The molecule has 0 saturated carbocycles. The van der Waals surface area contributed by atoms with Gasteiger partial charge in [0.05, 0.1) is 47.8 Å². The fourth-order valence-electron chi connectivity index (χ4n) is 3.50. The molecule has 2 aliphatic rings. The third-order valence-corrected chi connectivity index (χ3v) is 6.21. The molecule has 0 unspecified atom stereocenters. The Kier molecular flexibility index (Phi) is 7.63. The predicted molar refractivity (Wildman–Crippen MR) is 130 cm³/mol. The first-order valence-electron chi connectivity index (χ1n) is 10.2. The van der Waals surface area contributed by atoms with Crippen LogP contribution in [0.15, 0.2) is 53.5 Å². The van der Waals surface area contributed by atoms with Gasteiger partial charge in [-0.3, -0.25) is 4.90 Å². The summed E-state index contributed by atoms with van der Waals surface area (Å²) in [5.41, 5.74) is 1.45. The van der Waals surface area contributed by atoms with Crippen molar-refractivity contribution in [1.82, 2.24) is 9.80 Å². The third kappa shape index (κ3) is 5.30. The van der Waals surface area contributed by atoms with Crippen LogP contribution in [0.5, 0.6) is 0 Å². The number of thiocarbonyl (C=S) groups is 1. The molecule has 0 amide bonds. The zero-order valence-corrected chi connectivity index (χ0v) is 19.4. The van der Waals surface area contributed by atoms with Crippen LogP contribution in [0.1, 0.15) is 0 Å². The molecule has 6 nitrogen and oxygen atoms in total. The standard InChI is InChI=1S/C22H24Cl2N4O2S/c23-17-5-1-3-7-19(17)25-21(26-9-13-29-14-10-26)28(20-8-4-2-6-18(20)24)22(31)27-11-15-30-16-12-27/h1-8H,9-16H2. The molecule has 2 heterocycles. The summed E-state index contributed by atoms with van der Waals surface area (Å²) in [5, 5.41) is 1.80. The monoisotopic (exact) mass is 478 g/mol. The molecule has 4 rings (SSSR count). The van der Waals surface area contributed by atoms with Crippen LogP contribution in [0.4, 0.5) is 11.4 Å². The van der Waals surface area contributed by atoms with Crippen molar-refractivity contribution in [1.29, 1.82) is 0 Å². The summed E-state index contributed by atoms with van der Waals surface area (Å²) in [6.45, 7) is 5.29. The highest BCUT2D eigenvalue weighted by Crippen LogP contribution is 2.31.